The Hall–Kier alpha value is -3.34. The number of halogens is 3. The van der Waals surface area contributed by atoms with Gasteiger partial charge >= 0.3 is 6.18 Å². The molecule has 0 spiro atoms. The minimum absolute atomic E-state index is 0.0411. The lowest BCUT2D eigenvalue weighted by atomic mass is 10.1. The molecular formula is C18H14F3N5O2S. The van der Waals surface area contributed by atoms with E-state index in [9.17, 15) is 22.8 Å². The number of alkyl halides is 3. The first-order valence-electron chi connectivity index (χ1n) is 8.26. The molecule has 0 aliphatic carbocycles. The Labute approximate surface area is 166 Å². The lowest BCUT2D eigenvalue weighted by Gasteiger charge is -2.08. The van der Waals surface area contributed by atoms with E-state index in [1.807, 2.05) is 0 Å². The number of primary amides is 1. The number of hydrogen-bond acceptors (Lipinski definition) is 7. The average molecular weight is 421 g/mol. The summed E-state index contributed by atoms with van der Waals surface area (Å²) >= 11 is 1.28. The lowest BCUT2D eigenvalue weighted by Crippen LogP contribution is -2.15. The minimum atomic E-state index is -4.38. The maximum atomic E-state index is 12.6. The summed E-state index contributed by atoms with van der Waals surface area (Å²) in [6.07, 6.45) is -1.29. The van der Waals surface area contributed by atoms with Crippen LogP contribution in [-0.2, 0) is 12.6 Å². The number of aryl methyl sites for hydroxylation is 1. The molecule has 11 heteroatoms. The van der Waals surface area contributed by atoms with E-state index in [0.717, 1.165) is 18.5 Å². The topological polar surface area (TPSA) is 111 Å². The predicted molar refractivity (Wildman–Crippen MR) is 100 cm³/mol. The second-order valence-corrected chi connectivity index (χ2v) is 7.01. The van der Waals surface area contributed by atoms with Crippen LogP contribution in [0.4, 0.5) is 23.9 Å². The zero-order valence-corrected chi connectivity index (χ0v) is 15.5. The number of nitrogens with zero attached hydrogens (tertiary/aromatic N) is 3. The summed E-state index contributed by atoms with van der Waals surface area (Å²) in [4.78, 5) is 35.1. The van der Waals surface area contributed by atoms with Crippen LogP contribution in [0, 0.1) is 0 Å². The van der Waals surface area contributed by atoms with Gasteiger partial charge in [-0.15, -0.1) is 11.3 Å². The highest BCUT2D eigenvalue weighted by atomic mass is 32.1. The smallest absolute Gasteiger partial charge is 0.364 e. The lowest BCUT2D eigenvalue weighted by molar-refractivity contribution is -0.137. The van der Waals surface area contributed by atoms with Crippen molar-refractivity contribution < 1.29 is 22.8 Å². The van der Waals surface area contributed by atoms with Gasteiger partial charge in [0.15, 0.2) is 5.78 Å². The molecule has 3 aromatic rings. The van der Waals surface area contributed by atoms with Gasteiger partial charge in [-0.05, 0) is 30.3 Å². The number of benzene rings is 1. The number of aromatic nitrogens is 3. The first kappa shape index (κ1) is 20.4. The van der Waals surface area contributed by atoms with Gasteiger partial charge < -0.3 is 11.1 Å². The van der Waals surface area contributed by atoms with Gasteiger partial charge in [0.25, 0.3) is 5.91 Å². The summed E-state index contributed by atoms with van der Waals surface area (Å²) in [5, 5.41) is 4.27. The molecule has 3 N–H and O–H groups in total. The van der Waals surface area contributed by atoms with Crippen LogP contribution in [0.3, 0.4) is 0 Å². The highest BCUT2D eigenvalue weighted by molar-refractivity contribution is 7.15. The molecule has 0 unspecified atom stereocenters. The molecular weight excluding hydrogens is 407 g/mol. The molecule has 0 saturated carbocycles. The number of nitrogens with two attached hydrogens (primary N) is 1. The number of carbonyl (C=O) groups excluding carboxylic acids is 2. The number of hydrogen-bond donors (Lipinski definition) is 2. The van der Waals surface area contributed by atoms with Gasteiger partial charge in [0.2, 0.25) is 0 Å². The Balaban J connectivity index is 1.58. The Morgan fingerprint density at radius 3 is 2.41 bits per heavy atom. The molecule has 7 nitrogen and oxygen atoms in total. The van der Waals surface area contributed by atoms with Crippen LogP contribution in [0.2, 0.25) is 0 Å². The maximum absolute atomic E-state index is 12.6. The fourth-order valence-corrected chi connectivity index (χ4v) is 3.20. The van der Waals surface area contributed by atoms with Crippen molar-refractivity contribution in [1.82, 2.24) is 15.0 Å². The van der Waals surface area contributed by atoms with Gasteiger partial charge in [0, 0.05) is 18.5 Å². The van der Waals surface area contributed by atoms with Crippen molar-refractivity contribution in [2.24, 2.45) is 5.73 Å². The average Bonchev–Trinajstić information content (AvgIpc) is 3.13. The van der Waals surface area contributed by atoms with Crippen molar-refractivity contribution >= 4 is 33.7 Å². The van der Waals surface area contributed by atoms with E-state index in [2.05, 4.69) is 20.3 Å². The van der Waals surface area contributed by atoms with Crippen molar-refractivity contribution in [2.75, 3.05) is 5.32 Å². The first-order valence-corrected chi connectivity index (χ1v) is 9.08. The molecule has 0 aliphatic rings. The summed E-state index contributed by atoms with van der Waals surface area (Å²) < 4.78 is 37.8. The third kappa shape index (κ3) is 5.35. The van der Waals surface area contributed by atoms with Gasteiger partial charge in [-0.3, -0.25) is 9.59 Å². The number of amides is 1. The highest BCUT2D eigenvalue weighted by Gasteiger charge is 2.29. The number of anilines is 2. The fourth-order valence-electron chi connectivity index (χ4n) is 2.36. The fraction of sp³-hybridized carbons (Fsp3) is 0.167. The molecule has 2 heterocycles. The van der Waals surface area contributed by atoms with E-state index in [-0.39, 0.29) is 23.6 Å². The van der Waals surface area contributed by atoms with Crippen LogP contribution >= 0.6 is 11.3 Å². The number of nitrogens with one attached hydrogen (secondary N) is 1. The van der Waals surface area contributed by atoms with E-state index in [1.165, 1.54) is 35.7 Å². The maximum Gasteiger partial charge on any atom is 0.416 e. The summed E-state index contributed by atoms with van der Waals surface area (Å²) in [5.41, 5.74) is 4.95. The highest BCUT2D eigenvalue weighted by Crippen LogP contribution is 2.31. The van der Waals surface area contributed by atoms with Crippen LogP contribution in [0.15, 0.2) is 42.9 Å². The van der Waals surface area contributed by atoms with Gasteiger partial charge in [-0.25, -0.2) is 15.0 Å². The van der Waals surface area contributed by atoms with E-state index < -0.39 is 17.6 Å². The van der Waals surface area contributed by atoms with Crippen molar-refractivity contribution in [2.45, 2.75) is 19.0 Å². The Morgan fingerprint density at radius 1 is 1.07 bits per heavy atom. The number of thiazole rings is 1. The van der Waals surface area contributed by atoms with Crippen LogP contribution in [0.1, 0.15) is 38.0 Å². The molecule has 1 aromatic carbocycles. The molecule has 29 heavy (non-hydrogen) atoms. The molecule has 0 fully saturated rings. The third-order valence-electron chi connectivity index (χ3n) is 3.80. The largest absolute Gasteiger partial charge is 0.416 e. The second kappa shape index (κ2) is 8.35. The normalized spacial score (nSPS) is 11.3. The summed E-state index contributed by atoms with van der Waals surface area (Å²) in [6.45, 7) is 0. The molecule has 0 aliphatic heterocycles. The Morgan fingerprint density at radius 2 is 1.76 bits per heavy atom. The van der Waals surface area contributed by atoms with Gasteiger partial charge in [0.1, 0.15) is 22.7 Å². The van der Waals surface area contributed by atoms with Crippen molar-refractivity contribution in [3.05, 3.63) is 64.8 Å². The van der Waals surface area contributed by atoms with E-state index in [0.29, 0.717) is 22.1 Å². The number of rotatable bonds is 7. The molecule has 0 atom stereocenters. The molecule has 3 rings (SSSR count). The third-order valence-corrected chi connectivity index (χ3v) is 4.78. The number of ketones is 1. The van der Waals surface area contributed by atoms with Crippen molar-refractivity contribution in [1.29, 1.82) is 0 Å². The first-order chi connectivity index (χ1) is 13.7. The molecule has 0 saturated heterocycles. The monoisotopic (exact) mass is 421 g/mol. The van der Waals surface area contributed by atoms with Crippen LogP contribution in [0.5, 0.6) is 0 Å². The zero-order valence-electron chi connectivity index (χ0n) is 14.7. The molecule has 2 aromatic heterocycles. The quantitative estimate of drug-likeness (QED) is 0.564. The number of Topliss-reactive ketones (excluding diaryl/α,β-unsaturated/α-hetero) is 1. The molecule has 0 bridgehead atoms. The van der Waals surface area contributed by atoms with E-state index in [4.69, 9.17) is 5.73 Å². The molecule has 0 radical (unpaired) electrons. The SMILES string of the molecule is NC(=O)c1cc(C(=O)CCc2ncc(Nc3ccc(C(F)(F)F)cc3)s2)ncn1. The number of carbonyl (C=O) groups is 2. The standard InChI is InChI=1S/C18H14F3N5O2S/c19-18(20,21)10-1-3-11(4-2-10)26-16-8-23-15(29-16)6-5-14(27)12-7-13(17(22)28)25-9-24-12/h1-4,7-9,26H,5-6H2,(H2,22,28). The van der Waals surface area contributed by atoms with Crippen LogP contribution in [0.25, 0.3) is 0 Å². The van der Waals surface area contributed by atoms with Gasteiger partial charge in [-0.2, -0.15) is 13.2 Å². The van der Waals surface area contributed by atoms with Crippen molar-refractivity contribution in [3.63, 3.8) is 0 Å². The van der Waals surface area contributed by atoms with Crippen molar-refractivity contribution in [3.8, 4) is 0 Å². The summed E-state index contributed by atoms with van der Waals surface area (Å²) in [7, 11) is 0. The molecule has 1 amide bonds. The second-order valence-electron chi connectivity index (χ2n) is 5.89. The Bertz CT molecular complexity index is 1030. The van der Waals surface area contributed by atoms with Crippen LogP contribution < -0.4 is 11.1 Å². The predicted octanol–water partition coefficient (Wildman–Crippen LogP) is 3.61. The van der Waals surface area contributed by atoms with Gasteiger partial charge in [-0.1, -0.05) is 0 Å². The minimum Gasteiger partial charge on any atom is -0.364 e. The van der Waals surface area contributed by atoms with Crippen LogP contribution in [-0.4, -0.2) is 26.6 Å². The molecule has 150 valence electrons. The summed E-state index contributed by atoms with van der Waals surface area (Å²) in [6, 6.07) is 5.88. The van der Waals surface area contributed by atoms with E-state index >= 15 is 0 Å². The van der Waals surface area contributed by atoms with E-state index in [1.54, 1.807) is 0 Å². The zero-order chi connectivity index (χ0) is 21.0. The summed E-state index contributed by atoms with van der Waals surface area (Å²) in [5.74, 6) is -1.04. The van der Waals surface area contributed by atoms with Gasteiger partial charge in [0.05, 0.1) is 16.8 Å². The Kier molecular flexibility index (Phi) is 5.87.